The zero-order chi connectivity index (χ0) is 21.4. The third kappa shape index (κ3) is 7.81. The molecule has 0 aromatic heterocycles. The van der Waals surface area contributed by atoms with Gasteiger partial charge in [-0.25, -0.2) is 0 Å². The zero-order valence-corrected chi connectivity index (χ0v) is 17.6. The predicted molar refractivity (Wildman–Crippen MR) is 112 cm³/mol. The van der Waals surface area contributed by atoms with Gasteiger partial charge in [-0.3, -0.25) is 25.2 Å². The van der Waals surface area contributed by atoms with Crippen LogP contribution in [-0.4, -0.2) is 23.8 Å². The summed E-state index contributed by atoms with van der Waals surface area (Å²) in [6.07, 6.45) is -1.09. The highest BCUT2D eigenvalue weighted by Crippen LogP contribution is 2.25. The van der Waals surface area contributed by atoms with Crippen LogP contribution in [0.5, 0.6) is 5.75 Å². The number of carbonyl (C=O) groups excluding carboxylic acids is 3. The largest absolute Gasteiger partial charge is 0.481 e. The number of hydrogen-bond acceptors (Lipinski definition) is 4. The number of amides is 3. The Balaban J connectivity index is 1.70. The highest BCUT2D eigenvalue weighted by molar-refractivity contribution is 6.36. The first-order chi connectivity index (χ1) is 13.7. The molecule has 3 N–H and O–H groups in total. The maximum Gasteiger partial charge on any atom is 0.279 e. The molecule has 0 heterocycles. The number of carbonyl (C=O) groups is 3. The molecule has 0 saturated heterocycles. The van der Waals surface area contributed by atoms with Crippen LogP contribution in [0.4, 0.5) is 5.69 Å². The fourth-order valence-electron chi connectivity index (χ4n) is 2.10. The Morgan fingerprint density at radius 3 is 2.17 bits per heavy atom. The Morgan fingerprint density at radius 2 is 1.52 bits per heavy atom. The highest BCUT2D eigenvalue weighted by Gasteiger charge is 2.16. The molecule has 0 fully saturated rings. The third-order valence-corrected chi connectivity index (χ3v) is 4.40. The topological polar surface area (TPSA) is 96.5 Å². The molecule has 3 amide bonds. The van der Waals surface area contributed by atoms with Crippen molar-refractivity contribution in [1.82, 2.24) is 10.9 Å². The van der Waals surface area contributed by atoms with Crippen molar-refractivity contribution in [2.75, 3.05) is 5.32 Å². The molecule has 0 spiro atoms. The summed E-state index contributed by atoms with van der Waals surface area (Å²) in [5.74, 6) is -1.03. The Kier molecular flexibility index (Phi) is 8.57. The Labute approximate surface area is 182 Å². The number of ether oxygens (including phenoxy) is 1. The normalized spacial score (nSPS) is 11.3. The van der Waals surface area contributed by atoms with E-state index >= 15 is 0 Å². The molecule has 2 aromatic rings. The van der Waals surface area contributed by atoms with Crippen LogP contribution < -0.4 is 20.9 Å². The second kappa shape index (κ2) is 10.9. The fourth-order valence-corrected chi connectivity index (χ4v) is 2.68. The molecule has 2 rings (SSSR count). The van der Waals surface area contributed by atoms with Gasteiger partial charge in [-0.05, 0) is 49.4 Å². The summed E-state index contributed by atoms with van der Waals surface area (Å²) in [6, 6.07) is 11.1. The summed E-state index contributed by atoms with van der Waals surface area (Å²) in [6.45, 7) is 1.53. The number of hydrazine groups is 1. The van der Waals surface area contributed by atoms with Crippen LogP contribution in [0.2, 0.25) is 15.1 Å². The van der Waals surface area contributed by atoms with Gasteiger partial charge in [0.05, 0.1) is 10.7 Å². The van der Waals surface area contributed by atoms with Crippen LogP contribution in [0.15, 0.2) is 42.5 Å². The maximum absolute atomic E-state index is 12.0. The van der Waals surface area contributed by atoms with Crippen molar-refractivity contribution in [1.29, 1.82) is 0 Å². The molecular weight excluding hydrogens is 441 g/mol. The lowest BCUT2D eigenvalue weighted by molar-refractivity contribution is -0.133. The van der Waals surface area contributed by atoms with E-state index in [1.165, 1.54) is 13.0 Å². The van der Waals surface area contributed by atoms with Gasteiger partial charge < -0.3 is 10.1 Å². The van der Waals surface area contributed by atoms with Crippen LogP contribution in [-0.2, 0) is 14.4 Å². The van der Waals surface area contributed by atoms with Gasteiger partial charge in [-0.15, -0.1) is 0 Å². The average molecular weight is 459 g/mol. The smallest absolute Gasteiger partial charge is 0.279 e. The van der Waals surface area contributed by atoms with Crippen molar-refractivity contribution in [3.05, 3.63) is 57.5 Å². The molecule has 1 atom stereocenters. The molecule has 2 aromatic carbocycles. The SMILES string of the molecule is CC(Oc1ccc(Cl)cc1)C(=O)NNC(=O)CCC(=O)Nc1ccc(Cl)cc1Cl. The van der Waals surface area contributed by atoms with E-state index in [9.17, 15) is 14.4 Å². The molecular formula is C19H18Cl3N3O4. The number of anilines is 1. The average Bonchev–Trinajstić information content (AvgIpc) is 2.68. The van der Waals surface area contributed by atoms with Gasteiger partial charge in [0.15, 0.2) is 6.10 Å². The summed E-state index contributed by atoms with van der Waals surface area (Å²) in [5.41, 5.74) is 4.87. The van der Waals surface area contributed by atoms with Gasteiger partial charge in [0.25, 0.3) is 5.91 Å². The van der Waals surface area contributed by atoms with E-state index in [-0.39, 0.29) is 17.9 Å². The summed E-state index contributed by atoms with van der Waals surface area (Å²) >= 11 is 17.5. The molecule has 0 aliphatic heterocycles. The number of benzene rings is 2. The molecule has 29 heavy (non-hydrogen) atoms. The van der Waals surface area contributed by atoms with E-state index in [2.05, 4.69) is 16.2 Å². The lowest BCUT2D eigenvalue weighted by Crippen LogP contribution is -2.47. The lowest BCUT2D eigenvalue weighted by atomic mass is 10.2. The van der Waals surface area contributed by atoms with Crippen LogP contribution >= 0.6 is 34.8 Å². The van der Waals surface area contributed by atoms with Gasteiger partial charge in [0, 0.05) is 22.9 Å². The minimum atomic E-state index is -0.855. The molecule has 0 aliphatic rings. The Morgan fingerprint density at radius 1 is 0.897 bits per heavy atom. The van der Waals surface area contributed by atoms with E-state index in [0.717, 1.165) is 0 Å². The highest BCUT2D eigenvalue weighted by atomic mass is 35.5. The van der Waals surface area contributed by atoms with E-state index < -0.39 is 23.8 Å². The van der Waals surface area contributed by atoms with Crippen molar-refractivity contribution >= 4 is 58.2 Å². The first kappa shape index (κ1) is 22.8. The predicted octanol–water partition coefficient (Wildman–Crippen LogP) is 3.98. The minimum Gasteiger partial charge on any atom is -0.481 e. The summed E-state index contributed by atoms with van der Waals surface area (Å²) in [4.78, 5) is 35.7. The second-order valence-corrected chi connectivity index (χ2v) is 7.20. The van der Waals surface area contributed by atoms with Crippen LogP contribution in [0, 0.1) is 0 Å². The Bertz CT molecular complexity index is 891. The molecule has 1 unspecified atom stereocenters. The molecule has 7 nitrogen and oxygen atoms in total. The van der Waals surface area contributed by atoms with Crippen molar-refractivity contribution in [3.8, 4) is 5.75 Å². The van der Waals surface area contributed by atoms with E-state index in [1.54, 1.807) is 36.4 Å². The van der Waals surface area contributed by atoms with Crippen molar-refractivity contribution < 1.29 is 19.1 Å². The number of rotatable bonds is 7. The monoisotopic (exact) mass is 457 g/mol. The first-order valence-electron chi connectivity index (χ1n) is 8.50. The van der Waals surface area contributed by atoms with Gasteiger partial charge in [0.2, 0.25) is 11.8 Å². The van der Waals surface area contributed by atoms with Gasteiger partial charge in [0.1, 0.15) is 5.75 Å². The van der Waals surface area contributed by atoms with Gasteiger partial charge in [-0.2, -0.15) is 0 Å². The van der Waals surface area contributed by atoms with Gasteiger partial charge >= 0.3 is 0 Å². The fraction of sp³-hybridized carbons (Fsp3) is 0.211. The quantitative estimate of drug-likeness (QED) is 0.547. The molecule has 0 saturated carbocycles. The minimum absolute atomic E-state index is 0.0997. The number of halogens is 3. The molecule has 0 radical (unpaired) electrons. The van der Waals surface area contributed by atoms with Crippen molar-refractivity contribution in [3.63, 3.8) is 0 Å². The van der Waals surface area contributed by atoms with E-state index in [0.29, 0.717) is 21.5 Å². The maximum atomic E-state index is 12.0. The third-order valence-electron chi connectivity index (χ3n) is 3.61. The van der Waals surface area contributed by atoms with Crippen molar-refractivity contribution in [2.45, 2.75) is 25.9 Å². The number of hydrogen-bond donors (Lipinski definition) is 3. The summed E-state index contributed by atoms with van der Waals surface area (Å²) < 4.78 is 5.44. The lowest BCUT2D eigenvalue weighted by Gasteiger charge is -2.15. The molecule has 154 valence electrons. The summed E-state index contributed by atoms with van der Waals surface area (Å²) in [7, 11) is 0. The van der Waals surface area contributed by atoms with Crippen LogP contribution in [0.1, 0.15) is 19.8 Å². The molecule has 10 heteroatoms. The van der Waals surface area contributed by atoms with E-state index in [4.69, 9.17) is 39.5 Å². The van der Waals surface area contributed by atoms with Gasteiger partial charge in [-0.1, -0.05) is 34.8 Å². The Hall–Kier alpha value is -2.48. The van der Waals surface area contributed by atoms with Crippen LogP contribution in [0.3, 0.4) is 0 Å². The standard InChI is InChI=1S/C19H18Cl3N3O4/c1-11(29-14-5-2-12(20)3-6-14)19(28)25-24-18(27)9-8-17(26)23-16-7-4-13(21)10-15(16)22/h2-7,10-11H,8-9H2,1H3,(H,23,26)(H,24,27)(H,25,28). The van der Waals surface area contributed by atoms with E-state index in [1.807, 2.05) is 0 Å². The molecule has 0 aliphatic carbocycles. The van der Waals surface area contributed by atoms with Crippen LogP contribution in [0.25, 0.3) is 0 Å². The summed E-state index contributed by atoms with van der Waals surface area (Å²) in [5, 5.41) is 3.86. The molecule has 0 bridgehead atoms. The van der Waals surface area contributed by atoms with Crippen molar-refractivity contribution in [2.24, 2.45) is 0 Å². The number of nitrogens with one attached hydrogen (secondary N) is 3. The second-order valence-electron chi connectivity index (χ2n) is 5.92. The first-order valence-corrected chi connectivity index (χ1v) is 9.64. The zero-order valence-electron chi connectivity index (χ0n) is 15.3.